The van der Waals surface area contributed by atoms with Crippen molar-refractivity contribution < 1.29 is 4.79 Å². The van der Waals surface area contributed by atoms with E-state index in [0.717, 1.165) is 28.2 Å². The Hall–Kier alpha value is -2.49. The van der Waals surface area contributed by atoms with Gasteiger partial charge in [-0.1, -0.05) is 6.07 Å². The predicted octanol–water partition coefficient (Wildman–Crippen LogP) is 2.82. The van der Waals surface area contributed by atoms with Crippen LogP contribution in [0.5, 0.6) is 0 Å². The van der Waals surface area contributed by atoms with Gasteiger partial charge in [0.2, 0.25) is 5.91 Å². The van der Waals surface area contributed by atoms with Crippen LogP contribution < -0.4 is 16.4 Å². The molecule has 0 unspecified atom stereocenters. The number of rotatable bonds is 2. The Morgan fingerprint density at radius 1 is 1.21 bits per heavy atom. The minimum absolute atomic E-state index is 0.0437. The number of benzene rings is 2. The predicted molar refractivity (Wildman–Crippen MR) is 77.6 cm³/mol. The zero-order valence-corrected chi connectivity index (χ0v) is 10.7. The molecule has 0 spiro atoms. The number of nitrogen functional groups attached to an aromatic ring is 1. The number of amides is 1. The lowest BCUT2D eigenvalue weighted by Gasteiger charge is -2.11. The first-order valence-corrected chi connectivity index (χ1v) is 6.18. The van der Waals surface area contributed by atoms with Crippen molar-refractivity contribution >= 4 is 28.7 Å². The zero-order chi connectivity index (χ0) is 13.4. The summed E-state index contributed by atoms with van der Waals surface area (Å²) in [6.07, 6.45) is 0.439. The first kappa shape index (κ1) is 11.6. The number of hydrogen-bond acceptors (Lipinski definition) is 3. The van der Waals surface area contributed by atoms with Gasteiger partial charge < -0.3 is 16.4 Å². The van der Waals surface area contributed by atoms with Gasteiger partial charge in [-0.05, 0) is 48.4 Å². The molecule has 0 aliphatic carbocycles. The number of hydrogen-bond donors (Lipinski definition) is 3. The minimum Gasteiger partial charge on any atom is -0.397 e. The first-order valence-electron chi connectivity index (χ1n) is 6.18. The third kappa shape index (κ3) is 2.25. The average Bonchev–Trinajstić information content (AvgIpc) is 2.73. The van der Waals surface area contributed by atoms with Crippen LogP contribution in [0.1, 0.15) is 11.1 Å². The maximum atomic E-state index is 11.3. The number of nitrogens with two attached hydrogens (primary N) is 1. The summed E-state index contributed by atoms with van der Waals surface area (Å²) in [6, 6.07) is 11.7. The van der Waals surface area contributed by atoms with E-state index in [9.17, 15) is 4.79 Å². The lowest BCUT2D eigenvalue weighted by molar-refractivity contribution is -0.115. The zero-order valence-electron chi connectivity index (χ0n) is 10.7. The molecule has 4 nitrogen and oxygen atoms in total. The highest BCUT2D eigenvalue weighted by Crippen LogP contribution is 2.29. The van der Waals surface area contributed by atoms with Gasteiger partial charge in [-0.3, -0.25) is 4.79 Å². The van der Waals surface area contributed by atoms with Gasteiger partial charge in [-0.25, -0.2) is 0 Å². The molecule has 1 amide bonds. The standard InChI is InChI=1S/C15H15N3O/c1-9-2-4-12(16)14(6-9)17-11-3-5-13-10(7-11)8-15(19)18-13/h2-7,17H,8,16H2,1H3,(H,18,19). The molecule has 1 aliphatic rings. The molecule has 0 saturated heterocycles. The quantitative estimate of drug-likeness (QED) is 0.721. The summed E-state index contributed by atoms with van der Waals surface area (Å²) < 4.78 is 0. The summed E-state index contributed by atoms with van der Waals surface area (Å²) >= 11 is 0. The van der Waals surface area contributed by atoms with Crippen LogP contribution in [-0.4, -0.2) is 5.91 Å². The molecule has 0 radical (unpaired) electrons. The molecule has 4 heteroatoms. The molecular weight excluding hydrogens is 238 g/mol. The van der Waals surface area contributed by atoms with Crippen LogP contribution in [0.2, 0.25) is 0 Å². The Morgan fingerprint density at radius 2 is 2.05 bits per heavy atom. The van der Waals surface area contributed by atoms with E-state index in [1.807, 2.05) is 43.3 Å². The van der Waals surface area contributed by atoms with Gasteiger partial charge in [-0.2, -0.15) is 0 Å². The van der Waals surface area contributed by atoms with E-state index in [2.05, 4.69) is 10.6 Å². The van der Waals surface area contributed by atoms with Gasteiger partial charge in [0, 0.05) is 11.4 Å². The SMILES string of the molecule is Cc1ccc(N)c(Nc2ccc3c(c2)CC(=O)N3)c1. The Balaban J connectivity index is 1.90. The van der Waals surface area contributed by atoms with Crippen LogP contribution in [-0.2, 0) is 11.2 Å². The normalized spacial score (nSPS) is 13.0. The van der Waals surface area contributed by atoms with Gasteiger partial charge in [0.05, 0.1) is 17.8 Å². The van der Waals surface area contributed by atoms with Gasteiger partial charge in [-0.15, -0.1) is 0 Å². The molecular formula is C15H15N3O. The van der Waals surface area contributed by atoms with Crippen LogP contribution in [0.3, 0.4) is 0 Å². The van der Waals surface area contributed by atoms with E-state index in [-0.39, 0.29) is 5.91 Å². The third-order valence-corrected chi connectivity index (χ3v) is 3.22. The van der Waals surface area contributed by atoms with Crippen LogP contribution in [0, 0.1) is 6.92 Å². The molecule has 1 aliphatic heterocycles. The largest absolute Gasteiger partial charge is 0.397 e. The summed E-state index contributed by atoms with van der Waals surface area (Å²) in [4.78, 5) is 11.3. The summed E-state index contributed by atoms with van der Waals surface area (Å²) in [7, 11) is 0. The fourth-order valence-electron chi connectivity index (χ4n) is 2.24. The average molecular weight is 253 g/mol. The van der Waals surface area contributed by atoms with E-state index >= 15 is 0 Å². The molecule has 2 aromatic carbocycles. The van der Waals surface area contributed by atoms with Crippen LogP contribution in [0.15, 0.2) is 36.4 Å². The van der Waals surface area contributed by atoms with Gasteiger partial charge >= 0.3 is 0 Å². The summed E-state index contributed by atoms with van der Waals surface area (Å²) in [5.74, 6) is 0.0437. The minimum atomic E-state index is 0.0437. The van der Waals surface area contributed by atoms with Crippen LogP contribution >= 0.6 is 0 Å². The summed E-state index contributed by atoms with van der Waals surface area (Å²) in [6.45, 7) is 2.02. The second kappa shape index (κ2) is 4.31. The second-order valence-electron chi connectivity index (χ2n) is 4.81. The molecule has 96 valence electrons. The van der Waals surface area contributed by atoms with Gasteiger partial charge in [0.15, 0.2) is 0 Å². The summed E-state index contributed by atoms with van der Waals surface area (Å²) in [5.41, 5.74) is 11.5. The number of nitrogens with one attached hydrogen (secondary N) is 2. The Labute approximate surface area is 111 Å². The molecule has 2 aromatic rings. The van der Waals surface area contributed by atoms with E-state index in [1.165, 1.54) is 0 Å². The maximum absolute atomic E-state index is 11.3. The highest BCUT2D eigenvalue weighted by molar-refractivity contribution is 5.99. The second-order valence-corrected chi connectivity index (χ2v) is 4.81. The topological polar surface area (TPSA) is 67.1 Å². The van der Waals surface area contributed by atoms with Crippen molar-refractivity contribution in [2.75, 3.05) is 16.4 Å². The molecule has 0 bridgehead atoms. The van der Waals surface area contributed by atoms with Crippen molar-refractivity contribution in [2.24, 2.45) is 0 Å². The molecule has 0 fully saturated rings. The first-order chi connectivity index (χ1) is 9.11. The fourth-order valence-corrected chi connectivity index (χ4v) is 2.24. The highest BCUT2D eigenvalue weighted by Gasteiger charge is 2.17. The lowest BCUT2D eigenvalue weighted by atomic mass is 10.1. The molecule has 19 heavy (non-hydrogen) atoms. The number of fused-ring (bicyclic) bond motifs is 1. The van der Waals surface area contributed by atoms with E-state index in [0.29, 0.717) is 12.1 Å². The number of carbonyl (C=O) groups excluding carboxylic acids is 1. The number of aryl methyl sites for hydroxylation is 1. The monoisotopic (exact) mass is 253 g/mol. The molecule has 1 heterocycles. The lowest BCUT2D eigenvalue weighted by Crippen LogP contribution is -2.03. The van der Waals surface area contributed by atoms with E-state index < -0.39 is 0 Å². The Morgan fingerprint density at radius 3 is 2.89 bits per heavy atom. The molecule has 0 saturated carbocycles. The molecule has 3 rings (SSSR count). The number of anilines is 4. The Kier molecular flexibility index (Phi) is 2.63. The van der Waals surface area contributed by atoms with Crippen molar-refractivity contribution in [3.8, 4) is 0 Å². The van der Waals surface area contributed by atoms with Crippen LogP contribution in [0.25, 0.3) is 0 Å². The molecule has 0 atom stereocenters. The van der Waals surface area contributed by atoms with E-state index in [4.69, 9.17) is 5.73 Å². The fraction of sp³-hybridized carbons (Fsp3) is 0.133. The third-order valence-electron chi connectivity index (χ3n) is 3.22. The molecule has 0 aromatic heterocycles. The van der Waals surface area contributed by atoms with E-state index in [1.54, 1.807) is 0 Å². The van der Waals surface area contributed by atoms with Crippen molar-refractivity contribution in [3.05, 3.63) is 47.5 Å². The summed E-state index contributed by atoms with van der Waals surface area (Å²) in [5, 5.41) is 6.11. The smallest absolute Gasteiger partial charge is 0.228 e. The van der Waals surface area contributed by atoms with Crippen molar-refractivity contribution in [1.82, 2.24) is 0 Å². The van der Waals surface area contributed by atoms with Crippen molar-refractivity contribution in [3.63, 3.8) is 0 Å². The Bertz CT molecular complexity index is 664. The number of carbonyl (C=O) groups is 1. The van der Waals surface area contributed by atoms with Crippen molar-refractivity contribution in [2.45, 2.75) is 13.3 Å². The highest BCUT2D eigenvalue weighted by atomic mass is 16.1. The molecule has 4 N–H and O–H groups in total. The van der Waals surface area contributed by atoms with Gasteiger partial charge in [0.25, 0.3) is 0 Å². The van der Waals surface area contributed by atoms with Gasteiger partial charge in [0.1, 0.15) is 0 Å². The maximum Gasteiger partial charge on any atom is 0.228 e. The van der Waals surface area contributed by atoms with Crippen LogP contribution in [0.4, 0.5) is 22.7 Å². The van der Waals surface area contributed by atoms with Crippen molar-refractivity contribution in [1.29, 1.82) is 0 Å².